The van der Waals surface area contributed by atoms with Crippen LogP contribution in [0.2, 0.25) is 0 Å². The van der Waals surface area contributed by atoms with Crippen LogP contribution in [0, 0.1) is 46.3 Å². The van der Waals surface area contributed by atoms with Crippen LogP contribution in [0.5, 0.6) is 0 Å². The lowest BCUT2D eigenvalue weighted by molar-refractivity contribution is -0.0519. The maximum Gasteiger partial charge on any atom is 0.407 e. The molecule has 0 saturated heterocycles. The quantitative estimate of drug-likeness (QED) is 0.0905. The maximum atomic E-state index is 12.7. The first-order valence-electron chi connectivity index (χ1n) is 22.4. The molecule has 5 aliphatic rings. The molecule has 0 bridgehead atoms. The molecule has 4 fully saturated rings. The second kappa shape index (κ2) is 21.8. The van der Waals surface area contributed by atoms with Crippen LogP contribution in [0.3, 0.4) is 0 Å². The van der Waals surface area contributed by atoms with Gasteiger partial charge in [0.15, 0.2) is 0 Å². The molecule has 300 valence electrons. The van der Waals surface area contributed by atoms with Gasteiger partial charge in [-0.25, -0.2) is 4.79 Å². The summed E-state index contributed by atoms with van der Waals surface area (Å²) >= 11 is 0. The number of carbonyl (C=O) groups is 1. The topological polar surface area (TPSA) is 78.1 Å². The summed E-state index contributed by atoms with van der Waals surface area (Å²) in [4.78, 5) is 12.7. The number of allylic oxidation sites excluding steroid dienone is 1. The first-order valence-corrected chi connectivity index (χ1v) is 22.4. The summed E-state index contributed by atoms with van der Waals surface area (Å²) in [5.74, 6) is 5.16. The highest BCUT2D eigenvalue weighted by atomic mass is 16.6. The predicted molar refractivity (Wildman–Crippen MR) is 213 cm³/mol. The van der Waals surface area contributed by atoms with Crippen molar-refractivity contribution in [1.82, 2.24) is 10.6 Å². The zero-order valence-electron chi connectivity index (χ0n) is 34.2. The van der Waals surface area contributed by atoms with Crippen molar-refractivity contribution in [2.75, 3.05) is 59.3 Å². The van der Waals surface area contributed by atoms with E-state index in [0.717, 1.165) is 80.9 Å². The number of alkyl carbamates (subject to hydrolysis) is 1. The highest BCUT2D eigenvalue weighted by molar-refractivity contribution is 5.67. The van der Waals surface area contributed by atoms with Crippen molar-refractivity contribution in [2.24, 2.45) is 46.3 Å². The van der Waals surface area contributed by atoms with Crippen molar-refractivity contribution in [2.45, 2.75) is 162 Å². The standard InChI is InChI=1S/C45H80N2O5/c1-35(2)13-10-11-16-37-18-20-41-40-19-17-38-33-39(21-23-45(38,4)42(40)22-24-44(37,41)3)52-43(48)47-25-12-27-49-29-31-51-32-30-50-28-26-46-34-36-14-8-6-5-7-9-15-36/h17,35-37,39-42,46H,5-16,18-34H2,1-4H3,(H,47,48). The van der Waals surface area contributed by atoms with Crippen LogP contribution < -0.4 is 10.6 Å². The molecule has 0 aromatic rings. The van der Waals surface area contributed by atoms with E-state index >= 15 is 0 Å². The van der Waals surface area contributed by atoms with Crippen molar-refractivity contribution in [1.29, 1.82) is 0 Å². The molecule has 0 spiro atoms. The second-order valence-corrected chi connectivity index (χ2v) is 18.6. The molecule has 0 aromatic carbocycles. The molecule has 7 unspecified atom stereocenters. The summed E-state index contributed by atoms with van der Waals surface area (Å²) in [6.45, 7) is 16.3. The van der Waals surface area contributed by atoms with Crippen LogP contribution in [0.25, 0.3) is 0 Å². The average molecular weight is 729 g/mol. The minimum Gasteiger partial charge on any atom is -0.446 e. The van der Waals surface area contributed by atoms with E-state index < -0.39 is 0 Å². The summed E-state index contributed by atoms with van der Waals surface area (Å²) in [6.07, 6.45) is 28.6. The number of unbranched alkanes of at least 4 members (excludes halogenated alkanes) is 1. The van der Waals surface area contributed by atoms with Crippen molar-refractivity contribution in [3.8, 4) is 0 Å². The van der Waals surface area contributed by atoms with E-state index in [4.69, 9.17) is 18.9 Å². The molecule has 5 rings (SSSR count). The van der Waals surface area contributed by atoms with Gasteiger partial charge in [-0.1, -0.05) is 90.7 Å². The van der Waals surface area contributed by atoms with Gasteiger partial charge in [0.2, 0.25) is 0 Å². The lowest BCUT2D eigenvalue weighted by Crippen LogP contribution is -2.50. The van der Waals surface area contributed by atoms with E-state index in [-0.39, 0.29) is 17.6 Å². The van der Waals surface area contributed by atoms with Gasteiger partial charge >= 0.3 is 6.09 Å². The lowest BCUT2D eigenvalue weighted by atomic mass is 9.47. The van der Waals surface area contributed by atoms with Gasteiger partial charge in [0.25, 0.3) is 0 Å². The number of hydrogen-bond donors (Lipinski definition) is 2. The average Bonchev–Trinajstić information content (AvgIpc) is 3.45. The Morgan fingerprint density at radius 2 is 1.52 bits per heavy atom. The van der Waals surface area contributed by atoms with Crippen LogP contribution in [-0.2, 0) is 18.9 Å². The van der Waals surface area contributed by atoms with Gasteiger partial charge in [-0.05, 0) is 124 Å². The van der Waals surface area contributed by atoms with Crippen molar-refractivity contribution in [3.05, 3.63) is 11.6 Å². The smallest absolute Gasteiger partial charge is 0.407 e. The maximum absolute atomic E-state index is 12.7. The Kier molecular flexibility index (Phi) is 17.6. The van der Waals surface area contributed by atoms with Crippen molar-refractivity contribution >= 4 is 6.09 Å². The minimum atomic E-state index is -0.278. The number of ether oxygens (including phenoxy) is 4. The summed E-state index contributed by atoms with van der Waals surface area (Å²) in [6, 6.07) is 0. The Balaban J connectivity index is 0.871. The predicted octanol–water partition coefficient (Wildman–Crippen LogP) is 10.3. The van der Waals surface area contributed by atoms with Crippen molar-refractivity contribution in [3.63, 3.8) is 0 Å². The molecular weight excluding hydrogens is 649 g/mol. The molecule has 5 aliphatic carbocycles. The summed E-state index contributed by atoms with van der Waals surface area (Å²) in [5.41, 5.74) is 2.42. The Bertz CT molecular complexity index is 1060. The third-order valence-corrected chi connectivity index (χ3v) is 14.7. The number of amides is 1. The SMILES string of the molecule is CC(C)CCCCC1CCC2C3CC=C4CC(OC(=O)NCCCOCCOCCOCCNCC5CCCCCCC5)CCC4(C)C3CCC12C. The molecule has 0 heterocycles. The fraction of sp³-hybridized carbons (Fsp3) is 0.933. The zero-order valence-corrected chi connectivity index (χ0v) is 34.2. The molecule has 4 saturated carbocycles. The third kappa shape index (κ3) is 12.2. The molecule has 52 heavy (non-hydrogen) atoms. The Morgan fingerprint density at radius 3 is 2.29 bits per heavy atom. The van der Waals surface area contributed by atoms with Gasteiger partial charge in [-0.3, -0.25) is 0 Å². The molecular formula is C45H80N2O5. The van der Waals surface area contributed by atoms with E-state index in [1.165, 1.54) is 103 Å². The molecule has 1 amide bonds. The van der Waals surface area contributed by atoms with Gasteiger partial charge in [-0.2, -0.15) is 0 Å². The van der Waals surface area contributed by atoms with E-state index in [1.54, 1.807) is 5.57 Å². The molecule has 7 heteroatoms. The van der Waals surface area contributed by atoms with Gasteiger partial charge < -0.3 is 29.6 Å². The number of fused-ring (bicyclic) bond motifs is 5. The van der Waals surface area contributed by atoms with E-state index in [1.807, 2.05) is 0 Å². The molecule has 2 N–H and O–H groups in total. The van der Waals surface area contributed by atoms with Crippen molar-refractivity contribution < 1.29 is 23.7 Å². The van der Waals surface area contributed by atoms with Gasteiger partial charge in [0.1, 0.15) is 6.10 Å². The monoisotopic (exact) mass is 729 g/mol. The fourth-order valence-corrected chi connectivity index (χ4v) is 11.5. The largest absolute Gasteiger partial charge is 0.446 e. The highest BCUT2D eigenvalue weighted by Crippen LogP contribution is 2.66. The first kappa shape index (κ1) is 42.0. The summed E-state index contributed by atoms with van der Waals surface area (Å²) in [7, 11) is 0. The van der Waals surface area contributed by atoms with Gasteiger partial charge in [0, 0.05) is 26.1 Å². The second-order valence-electron chi connectivity index (χ2n) is 18.6. The van der Waals surface area contributed by atoms with E-state index in [0.29, 0.717) is 45.0 Å². The minimum absolute atomic E-state index is 0.00379. The summed E-state index contributed by atoms with van der Waals surface area (Å²) < 4.78 is 23.0. The number of hydrogen-bond acceptors (Lipinski definition) is 6. The van der Waals surface area contributed by atoms with Gasteiger partial charge in [0.05, 0.1) is 33.0 Å². The molecule has 0 radical (unpaired) electrons. The molecule has 0 aromatic heterocycles. The Labute approximate surface area is 319 Å². The Morgan fingerprint density at radius 1 is 0.788 bits per heavy atom. The van der Waals surface area contributed by atoms with Crippen LogP contribution in [0.4, 0.5) is 4.79 Å². The number of nitrogens with one attached hydrogen (secondary N) is 2. The van der Waals surface area contributed by atoms with Crippen LogP contribution in [0.1, 0.15) is 156 Å². The normalized spacial score (nSPS) is 32.3. The van der Waals surface area contributed by atoms with Crippen LogP contribution in [0.15, 0.2) is 11.6 Å². The van der Waals surface area contributed by atoms with Crippen LogP contribution >= 0.6 is 0 Å². The Hall–Kier alpha value is -1.15. The van der Waals surface area contributed by atoms with E-state index in [2.05, 4.69) is 44.4 Å². The molecule has 7 atom stereocenters. The van der Waals surface area contributed by atoms with Crippen LogP contribution in [-0.4, -0.2) is 71.5 Å². The fourth-order valence-electron chi connectivity index (χ4n) is 11.5. The highest BCUT2D eigenvalue weighted by Gasteiger charge is 2.58. The zero-order chi connectivity index (χ0) is 36.7. The number of rotatable bonds is 21. The first-order chi connectivity index (χ1) is 25.3. The number of carbonyl (C=O) groups excluding carboxylic acids is 1. The summed E-state index contributed by atoms with van der Waals surface area (Å²) in [5, 5.41) is 6.54. The van der Waals surface area contributed by atoms with E-state index in [9.17, 15) is 4.79 Å². The lowest BCUT2D eigenvalue weighted by Gasteiger charge is -2.58. The third-order valence-electron chi connectivity index (χ3n) is 14.7. The molecule has 0 aliphatic heterocycles. The van der Waals surface area contributed by atoms with Gasteiger partial charge in [-0.15, -0.1) is 0 Å². The molecule has 7 nitrogen and oxygen atoms in total.